The molecular weight excluding hydrogens is 334 g/mol. The number of hydrogen-bond acceptors (Lipinski definition) is 6. The molecule has 0 saturated carbocycles. The summed E-state index contributed by atoms with van der Waals surface area (Å²) in [4.78, 5) is 24.9. The van der Waals surface area contributed by atoms with E-state index in [1.165, 1.54) is 0 Å². The first-order chi connectivity index (χ1) is 12.7. The van der Waals surface area contributed by atoms with E-state index in [9.17, 15) is 4.79 Å². The quantitative estimate of drug-likeness (QED) is 0.886. The first-order valence-electron chi connectivity index (χ1n) is 8.68. The van der Waals surface area contributed by atoms with Crippen LogP contribution in [0.1, 0.15) is 5.56 Å². The maximum Gasteiger partial charge on any atom is 0.321 e. The van der Waals surface area contributed by atoms with Gasteiger partial charge in [-0.05, 0) is 19.1 Å². The van der Waals surface area contributed by atoms with Crippen molar-refractivity contribution < 1.29 is 14.3 Å². The van der Waals surface area contributed by atoms with Gasteiger partial charge in [0.2, 0.25) is 0 Å². The average molecular weight is 355 g/mol. The third-order valence-corrected chi connectivity index (χ3v) is 4.53. The maximum atomic E-state index is 12.5. The van der Waals surface area contributed by atoms with Crippen LogP contribution < -0.4 is 19.7 Å². The van der Waals surface area contributed by atoms with Crippen molar-refractivity contribution in [2.75, 3.05) is 49.6 Å². The van der Waals surface area contributed by atoms with E-state index in [2.05, 4.69) is 20.2 Å². The van der Waals surface area contributed by atoms with Gasteiger partial charge in [0.1, 0.15) is 25.4 Å². The molecule has 3 heterocycles. The third kappa shape index (κ3) is 3.35. The lowest BCUT2D eigenvalue weighted by molar-refractivity contribution is 0.171. The van der Waals surface area contributed by atoms with E-state index in [0.717, 1.165) is 24.5 Å². The van der Waals surface area contributed by atoms with Crippen LogP contribution in [-0.2, 0) is 0 Å². The van der Waals surface area contributed by atoms with Crippen molar-refractivity contribution in [3.63, 3.8) is 0 Å². The summed E-state index contributed by atoms with van der Waals surface area (Å²) in [5, 5.41) is 2.94. The molecule has 1 saturated heterocycles. The van der Waals surface area contributed by atoms with Gasteiger partial charge in [0.25, 0.3) is 0 Å². The SMILES string of the molecule is Cc1cncnc1N1CCN(C(=O)Nc2ccc3c(c2)OCCO3)CC1. The summed E-state index contributed by atoms with van der Waals surface area (Å²) < 4.78 is 11.1. The lowest BCUT2D eigenvalue weighted by Gasteiger charge is -2.35. The van der Waals surface area contributed by atoms with Crippen LogP contribution in [0.2, 0.25) is 0 Å². The van der Waals surface area contributed by atoms with Crippen LogP contribution in [0.4, 0.5) is 16.3 Å². The Hall–Kier alpha value is -3.03. The molecule has 26 heavy (non-hydrogen) atoms. The van der Waals surface area contributed by atoms with E-state index >= 15 is 0 Å². The number of benzene rings is 1. The molecule has 0 atom stereocenters. The smallest absolute Gasteiger partial charge is 0.321 e. The fourth-order valence-corrected chi connectivity index (χ4v) is 3.17. The zero-order valence-corrected chi connectivity index (χ0v) is 14.6. The van der Waals surface area contributed by atoms with Gasteiger partial charge in [-0.15, -0.1) is 0 Å². The second-order valence-electron chi connectivity index (χ2n) is 6.29. The van der Waals surface area contributed by atoms with Gasteiger partial charge in [-0.2, -0.15) is 0 Å². The second kappa shape index (κ2) is 7.07. The lowest BCUT2D eigenvalue weighted by atomic mass is 10.2. The topological polar surface area (TPSA) is 79.8 Å². The molecule has 1 N–H and O–H groups in total. The van der Waals surface area contributed by atoms with E-state index in [1.54, 1.807) is 12.4 Å². The molecule has 2 aromatic rings. The average Bonchev–Trinajstić information content (AvgIpc) is 2.68. The molecule has 2 amide bonds. The molecule has 0 radical (unpaired) electrons. The van der Waals surface area contributed by atoms with E-state index < -0.39 is 0 Å². The van der Waals surface area contributed by atoms with Gasteiger partial charge < -0.3 is 24.6 Å². The first-order valence-corrected chi connectivity index (χ1v) is 8.68. The number of carbonyl (C=O) groups excluding carboxylic acids is 1. The Morgan fingerprint density at radius 2 is 1.88 bits per heavy atom. The van der Waals surface area contributed by atoms with Crippen LogP contribution in [0.15, 0.2) is 30.7 Å². The van der Waals surface area contributed by atoms with Crippen molar-refractivity contribution >= 4 is 17.5 Å². The highest BCUT2D eigenvalue weighted by Crippen LogP contribution is 2.32. The number of hydrogen-bond donors (Lipinski definition) is 1. The number of amides is 2. The van der Waals surface area contributed by atoms with Crippen LogP contribution in [0.3, 0.4) is 0 Å². The Balaban J connectivity index is 1.36. The highest BCUT2D eigenvalue weighted by Gasteiger charge is 2.23. The first kappa shape index (κ1) is 16.4. The Morgan fingerprint density at radius 3 is 2.65 bits per heavy atom. The van der Waals surface area contributed by atoms with Gasteiger partial charge in [-0.3, -0.25) is 0 Å². The van der Waals surface area contributed by atoms with Crippen LogP contribution in [0.25, 0.3) is 0 Å². The third-order valence-electron chi connectivity index (χ3n) is 4.53. The Kier molecular flexibility index (Phi) is 4.47. The number of nitrogens with zero attached hydrogens (tertiary/aromatic N) is 4. The largest absolute Gasteiger partial charge is 0.486 e. The van der Waals surface area contributed by atoms with Crippen molar-refractivity contribution in [3.05, 3.63) is 36.3 Å². The number of nitrogens with one attached hydrogen (secondary N) is 1. The molecule has 2 aliphatic heterocycles. The molecule has 2 aliphatic rings. The number of ether oxygens (including phenoxy) is 2. The number of carbonyl (C=O) groups is 1. The summed E-state index contributed by atoms with van der Waals surface area (Å²) in [5.41, 5.74) is 1.75. The zero-order chi connectivity index (χ0) is 17.9. The van der Waals surface area contributed by atoms with Gasteiger partial charge in [-0.1, -0.05) is 0 Å². The van der Waals surface area contributed by atoms with E-state index in [1.807, 2.05) is 30.2 Å². The number of aryl methyl sites for hydroxylation is 1. The van der Waals surface area contributed by atoms with Crippen molar-refractivity contribution in [2.45, 2.75) is 6.92 Å². The second-order valence-corrected chi connectivity index (χ2v) is 6.29. The van der Waals surface area contributed by atoms with Crippen molar-refractivity contribution in [3.8, 4) is 11.5 Å². The monoisotopic (exact) mass is 355 g/mol. The Bertz CT molecular complexity index is 805. The minimum atomic E-state index is -0.110. The molecule has 0 unspecified atom stereocenters. The molecule has 136 valence electrons. The molecule has 0 aliphatic carbocycles. The fourth-order valence-electron chi connectivity index (χ4n) is 3.17. The molecule has 1 aromatic heterocycles. The van der Waals surface area contributed by atoms with E-state index in [-0.39, 0.29) is 6.03 Å². The minimum Gasteiger partial charge on any atom is -0.486 e. The summed E-state index contributed by atoms with van der Waals surface area (Å²) in [6.45, 7) is 5.83. The highest BCUT2D eigenvalue weighted by atomic mass is 16.6. The van der Waals surface area contributed by atoms with Crippen LogP contribution in [-0.4, -0.2) is 60.3 Å². The van der Waals surface area contributed by atoms with E-state index in [4.69, 9.17) is 9.47 Å². The summed E-state index contributed by atoms with van der Waals surface area (Å²) in [6, 6.07) is 5.33. The van der Waals surface area contributed by atoms with Gasteiger partial charge >= 0.3 is 6.03 Å². The fraction of sp³-hybridized carbons (Fsp3) is 0.389. The van der Waals surface area contributed by atoms with Crippen LogP contribution >= 0.6 is 0 Å². The Morgan fingerprint density at radius 1 is 1.12 bits per heavy atom. The summed E-state index contributed by atoms with van der Waals surface area (Å²) >= 11 is 0. The molecule has 4 rings (SSSR count). The van der Waals surface area contributed by atoms with Crippen molar-refractivity contribution in [2.24, 2.45) is 0 Å². The van der Waals surface area contributed by atoms with Crippen molar-refractivity contribution in [1.82, 2.24) is 14.9 Å². The minimum absolute atomic E-state index is 0.110. The zero-order valence-electron chi connectivity index (χ0n) is 14.6. The molecule has 0 spiro atoms. The van der Waals surface area contributed by atoms with Crippen LogP contribution in [0, 0.1) is 6.92 Å². The number of anilines is 2. The van der Waals surface area contributed by atoms with E-state index in [0.29, 0.717) is 43.5 Å². The number of aromatic nitrogens is 2. The summed E-state index contributed by atoms with van der Waals surface area (Å²) in [5.74, 6) is 2.31. The summed E-state index contributed by atoms with van der Waals surface area (Å²) in [6.07, 6.45) is 3.37. The number of piperazine rings is 1. The molecular formula is C18H21N5O3. The van der Waals surface area contributed by atoms with Crippen molar-refractivity contribution in [1.29, 1.82) is 0 Å². The normalized spacial score (nSPS) is 16.3. The van der Waals surface area contributed by atoms with Gasteiger partial charge in [0, 0.05) is 49.7 Å². The van der Waals surface area contributed by atoms with Gasteiger partial charge in [0.15, 0.2) is 11.5 Å². The van der Waals surface area contributed by atoms with Crippen LogP contribution in [0.5, 0.6) is 11.5 Å². The number of fused-ring (bicyclic) bond motifs is 1. The molecule has 8 nitrogen and oxygen atoms in total. The summed E-state index contributed by atoms with van der Waals surface area (Å²) in [7, 11) is 0. The molecule has 1 fully saturated rings. The van der Waals surface area contributed by atoms with Gasteiger partial charge in [-0.25, -0.2) is 14.8 Å². The predicted octanol–water partition coefficient (Wildman–Crippen LogP) is 1.91. The lowest BCUT2D eigenvalue weighted by Crippen LogP contribution is -2.50. The standard InChI is InChI=1S/C18H21N5O3/c1-13-11-19-12-20-17(13)22-4-6-23(7-5-22)18(24)21-14-2-3-15-16(10-14)26-9-8-25-15/h2-3,10-12H,4-9H2,1H3,(H,21,24). The Labute approximate surface area is 151 Å². The molecule has 8 heteroatoms. The highest BCUT2D eigenvalue weighted by molar-refractivity contribution is 5.90. The number of urea groups is 1. The number of rotatable bonds is 2. The predicted molar refractivity (Wildman–Crippen MR) is 97.0 cm³/mol. The van der Waals surface area contributed by atoms with Gasteiger partial charge in [0.05, 0.1) is 0 Å². The molecule has 1 aromatic carbocycles. The molecule has 0 bridgehead atoms. The maximum absolute atomic E-state index is 12.5.